The summed E-state index contributed by atoms with van der Waals surface area (Å²) in [7, 11) is 1.51. The monoisotopic (exact) mass is 222 g/mol. The molecule has 0 heterocycles. The maximum absolute atomic E-state index is 11.2. The predicted octanol–water partition coefficient (Wildman–Crippen LogP) is 0.841. The van der Waals surface area contributed by atoms with E-state index in [2.05, 4.69) is 15.8 Å². The summed E-state index contributed by atoms with van der Waals surface area (Å²) < 4.78 is 0. The molecule has 2 amide bonds. The van der Waals surface area contributed by atoms with E-state index in [1.807, 2.05) is 13.0 Å². The molecule has 0 saturated carbocycles. The van der Waals surface area contributed by atoms with Gasteiger partial charge in [-0.25, -0.2) is 4.79 Å². The number of rotatable bonds is 2. The number of hydrogen-bond acceptors (Lipinski definition) is 3. The van der Waals surface area contributed by atoms with Crippen molar-refractivity contribution in [2.24, 2.45) is 10.9 Å². The molecule has 0 radical (unpaired) electrons. The lowest BCUT2D eigenvalue weighted by Crippen LogP contribution is -2.27. The van der Waals surface area contributed by atoms with Crippen molar-refractivity contribution in [2.45, 2.75) is 6.92 Å². The first kappa shape index (κ1) is 11.8. The Labute approximate surface area is 93.1 Å². The molecule has 0 aromatic heterocycles. The highest BCUT2D eigenvalue weighted by Gasteiger charge is 2.11. The molecule has 0 unspecified atom stereocenters. The van der Waals surface area contributed by atoms with Gasteiger partial charge in [-0.15, -0.1) is 0 Å². The molecule has 6 heteroatoms. The first-order chi connectivity index (χ1) is 7.60. The van der Waals surface area contributed by atoms with Crippen LogP contribution in [0.15, 0.2) is 23.4 Å². The Balaban J connectivity index is 3.18. The van der Waals surface area contributed by atoms with E-state index in [1.165, 1.54) is 7.05 Å². The van der Waals surface area contributed by atoms with Crippen LogP contribution in [0.3, 0.4) is 0 Å². The maximum atomic E-state index is 11.2. The van der Waals surface area contributed by atoms with Crippen LogP contribution in [-0.2, 0) is 0 Å². The Morgan fingerprint density at radius 1 is 1.50 bits per heavy atom. The average Bonchev–Trinajstić information content (AvgIpc) is 2.28. The van der Waals surface area contributed by atoms with Crippen molar-refractivity contribution >= 4 is 17.6 Å². The number of hydrogen-bond donors (Lipinski definition) is 4. The molecule has 0 aliphatic rings. The van der Waals surface area contributed by atoms with E-state index in [0.717, 1.165) is 5.56 Å². The van der Waals surface area contributed by atoms with Gasteiger partial charge in [-0.3, -0.25) is 0 Å². The van der Waals surface area contributed by atoms with Crippen molar-refractivity contribution in [2.75, 3.05) is 12.4 Å². The van der Waals surface area contributed by atoms with Crippen LogP contribution < -0.4 is 16.4 Å². The summed E-state index contributed by atoms with van der Waals surface area (Å²) in [6, 6.07) is 4.89. The third kappa shape index (κ3) is 2.41. The number of aryl methyl sites for hydroxylation is 1. The molecule has 86 valence electrons. The van der Waals surface area contributed by atoms with Crippen LogP contribution in [0.5, 0.6) is 0 Å². The van der Waals surface area contributed by atoms with Gasteiger partial charge in [0.1, 0.15) is 0 Å². The number of nitrogens with zero attached hydrogens (tertiary/aromatic N) is 1. The van der Waals surface area contributed by atoms with E-state index in [0.29, 0.717) is 11.3 Å². The Hall–Kier alpha value is -2.24. The van der Waals surface area contributed by atoms with Gasteiger partial charge < -0.3 is 21.6 Å². The molecule has 0 spiro atoms. The van der Waals surface area contributed by atoms with Crippen molar-refractivity contribution in [3.8, 4) is 0 Å². The number of urea groups is 1. The number of benzene rings is 1. The van der Waals surface area contributed by atoms with Gasteiger partial charge in [0.05, 0.1) is 5.69 Å². The normalized spacial score (nSPS) is 11.0. The number of amides is 2. The molecule has 1 aromatic rings. The lowest BCUT2D eigenvalue weighted by Gasteiger charge is -2.11. The molecule has 0 aliphatic heterocycles. The molecule has 16 heavy (non-hydrogen) atoms. The standard InChI is InChI=1S/C10H14N4O2/c1-6-4-3-5-7(13-10(15)12-2)8(6)9(11)14-16/h3-5,16H,1-2H3,(H2,11,14)(H2,12,13,15). The van der Waals surface area contributed by atoms with E-state index >= 15 is 0 Å². The number of anilines is 1. The number of carbonyl (C=O) groups excluding carboxylic acids is 1. The van der Waals surface area contributed by atoms with E-state index in [1.54, 1.807) is 12.1 Å². The summed E-state index contributed by atoms with van der Waals surface area (Å²) in [6.07, 6.45) is 0. The fraction of sp³-hybridized carbons (Fsp3) is 0.200. The molecule has 5 N–H and O–H groups in total. The summed E-state index contributed by atoms with van der Waals surface area (Å²) >= 11 is 0. The summed E-state index contributed by atoms with van der Waals surface area (Å²) in [6.45, 7) is 1.81. The second-order valence-corrected chi connectivity index (χ2v) is 3.19. The Bertz CT molecular complexity index is 429. The van der Waals surface area contributed by atoms with E-state index < -0.39 is 0 Å². The Morgan fingerprint density at radius 3 is 2.75 bits per heavy atom. The highest BCUT2D eigenvalue weighted by atomic mass is 16.4. The molecule has 1 aromatic carbocycles. The van der Waals surface area contributed by atoms with Gasteiger partial charge in [0.2, 0.25) is 0 Å². The van der Waals surface area contributed by atoms with Gasteiger partial charge in [0, 0.05) is 12.6 Å². The predicted molar refractivity (Wildman–Crippen MR) is 61.8 cm³/mol. The van der Waals surface area contributed by atoms with Crippen LogP contribution in [-0.4, -0.2) is 24.1 Å². The lowest BCUT2D eigenvalue weighted by molar-refractivity contribution is 0.254. The zero-order chi connectivity index (χ0) is 12.1. The van der Waals surface area contributed by atoms with Crippen LogP contribution in [0.4, 0.5) is 10.5 Å². The zero-order valence-electron chi connectivity index (χ0n) is 9.11. The number of nitrogens with one attached hydrogen (secondary N) is 2. The molecular formula is C10H14N4O2. The van der Waals surface area contributed by atoms with Crippen molar-refractivity contribution < 1.29 is 10.0 Å². The van der Waals surface area contributed by atoms with Gasteiger partial charge >= 0.3 is 6.03 Å². The van der Waals surface area contributed by atoms with Crippen LogP contribution in [0.2, 0.25) is 0 Å². The highest BCUT2D eigenvalue weighted by Crippen LogP contribution is 2.19. The highest BCUT2D eigenvalue weighted by molar-refractivity contribution is 6.06. The minimum absolute atomic E-state index is 0.0375. The topological polar surface area (TPSA) is 99.7 Å². The molecule has 0 bridgehead atoms. The van der Waals surface area contributed by atoms with E-state index in [9.17, 15) is 4.79 Å². The van der Waals surface area contributed by atoms with Gasteiger partial charge in [0.25, 0.3) is 0 Å². The molecule has 0 aliphatic carbocycles. The molecule has 1 rings (SSSR count). The number of oxime groups is 1. The number of carbonyl (C=O) groups is 1. The summed E-state index contributed by atoms with van der Waals surface area (Å²) in [5.74, 6) is -0.0375. The smallest absolute Gasteiger partial charge is 0.318 e. The van der Waals surface area contributed by atoms with Crippen LogP contribution >= 0.6 is 0 Å². The quantitative estimate of drug-likeness (QED) is 0.258. The number of amidine groups is 1. The second kappa shape index (κ2) is 5.01. The summed E-state index contributed by atoms with van der Waals surface area (Å²) in [5.41, 5.74) is 7.35. The van der Waals surface area contributed by atoms with Crippen LogP contribution in [0.1, 0.15) is 11.1 Å². The number of nitrogens with two attached hydrogens (primary N) is 1. The SMILES string of the molecule is CNC(=O)Nc1cccc(C)c1/C(N)=N/O. The van der Waals surface area contributed by atoms with Crippen molar-refractivity contribution in [3.05, 3.63) is 29.3 Å². The Morgan fingerprint density at radius 2 is 2.19 bits per heavy atom. The largest absolute Gasteiger partial charge is 0.409 e. The van der Waals surface area contributed by atoms with Gasteiger partial charge in [-0.05, 0) is 18.6 Å². The van der Waals surface area contributed by atoms with Gasteiger partial charge in [0.15, 0.2) is 5.84 Å². The first-order valence-corrected chi connectivity index (χ1v) is 4.66. The van der Waals surface area contributed by atoms with E-state index in [4.69, 9.17) is 10.9 Å². The van der Waals surface area contributed by atoms with Crippen LogP contribution in [0, 0.1) is 6.92 Å². The zero-order valence-corrected chi connectivity index (χ0v) is 9.11. The molecule has 0 atom stereocenters. The minimum atomic E-state index is -0.363. The molecule has 0 fully saturated rings. The van der Waals surface area contributed by atoms with Crippen LogP contribution in [0.25, 0.3) is 0 Å². The fourth-order valence-electron chi connectivity index (χ4n) is 1.35. The summed E-state index contributed by atoms with van der Waals surface area (Å²) in [4.78, 5) is 11.2. The second-order valence-electron chi connectivity index (χ2n) is 3.19. The minimum Gasteiger partial charge on any atom is -0.409 e. The third-order valence-corrected chi connectivity index (χ3v) is 2.11. The Kier molecular flexibility index (Phi) is 3.71. The average molecular weight is 222 g/mol. The van der Waals surface area contributed by atoms with E-state index in [-0.39, 0.29) is 11.9 Å². The third-order valence-electron chi connectivity index (χ3n) is 2.11. The maximum Gasteiger partial charge on any atom is 0.318 e. The first-order valence-electron chi connectivity index (χ1n) is 4.66. The lowest BCUT2D eigenvalue weighted by atomic mass is 10.1. The molecule has 0 saturated heterocycles. The molecular weight excluding hydrogens is 208 g/mol. The molecule has 6 nitrogen and oxygen atoms in total. The van der Waals surface area contributed by atoms with Crippen molar-refractivity contribution in [1.29, 1.82) is 0 Å². The van der Waals surface area contributed by atoms with Gasteiger partial charge in [-0.2, -0.15) is 0 Å². The van der Waals surface area contributed by atoms with Crippen molar-refractivity contribution in [1.82, 2.24) is 5.32 Å². The fourth-order valence-corrected chi connectivity index (χ4v) is 1.35. The van der Waals surface area contributed by atoms with Crippen molar-refractivity contribution in [3.63, 3.8) is 0 Å². The van der Waals surface area contributed by atoms with Gasteiger partial charge in [-0.1, -0.05) is 17.3 Å². The summed E-state index contributed by atoms with van der Waals surface area (Å²) in [5, 5.41) is 16.6.